The summed E-state index contributed by atoms with van der Waals surface area (Å²) in [5, 5.41) is 0. The van der Waals surface area contributed by atoms with Gasteiger partial charge in [0.25, 0.3) is 0 Å². The summed E-state index contributed by atoms with van der Waals surface area (Å²) in [6.45, 7) is 12.9. The Hall–Kier alpha value is -3.32. The molecular weight excluding hydrogens is 400 g/mol. The number of hydrogen-bond acceptors (Lipinski definition) is 1. The van der Waals surface area contributed by atoms with Crippen molar-refractivity contribution in [3.8, 4) is 5.75 Å². The zero-order valence-corrected chi connectivity index (χ0v) is 19.7. The molecule has 3 atom stereocenters. The first-order chi connectivity index (χ1) is 16.1. The van der Waals surface area contributed by atoms with Crippen molar-refractivity contribution in [1.82, 2.24) is 0 Å². The summed E-state index contributed by atoms with van der Waals surface area (Å²) >= 11 is 0. The Morgan fingerprint density at radius 2 is 0.909 bits per heavy atom. The Kier molecular flexibility index (Phi) is 7.29. The summed E-state index contributed by atoms with van der Waals surface area (Å²) in [6.07, 6.45) is 0. The predicted octanol–water partition coefficient (Wildman–Crippen LogP) is 8.23. The summed E-state index contributed by atoms with van der Waals surface area (Å²) in [6, 6.07) is 36.6. The van der Waals surface area contributed by atoms with Crippen LogP contribution in [0.15, 0.2) is 103 Å². The Labute approximate surface area is 199 Å². The van der Waals surface area contributed by atoms with Gasteiger partial charge in [0.1, 0.15) is 5.75 Å². The third kappa shape index (κ3) is 5.03. The molecule has 4 aromatic carbocycles. The smallest absolute Gasteiger partial charge is 0.126 e. The van der Waals surface area contributed by atoms with E-state index in [1.54, 1.807) is 0 Å². The van der Waals surface area contributed by atoms with Crippen LogP contribution in [-0.4, -0.2) is 6.61 Å². The van der Waals surface area contributed by atoms with Crippen LogP contribution < -0.4 is 4.74 Å². The van der Waals surface area contributed by atoms with Crippen LogP contribution in [0, 0.1) is 6.92 Å². The molecule has 4 aromatic rings. The highest BCUT2D eigenvalue weighted by Crippen LogP contribution is 2.42. The molecule has 0 aliphatic rings. The number of hydrogen-bond donors (Lipinski definition) is 0. The number of rotatable bonds is 8. The molecule has 0 fully saturated rings. The summed E-state index contributed by atoms with van der Waals surface area (Å²) in [5.41, 5.74) is 7.50. The second-order valence-corrected chi connectivity index (χ2v) is 8.74. The molecule has 0 amide bonds. The maximum atomic E-state index is 6.17. The molecular formula is C32H32O. The minimum atomic E-state index is 0.149. The van der Waals surface area contributed by atoms with Crippen LogP contribution in [0.1, 0.15) is 71.9 Å². The number of ether oxygens (including phenoxy) is 1. The van der Waals surface area contributed by atoms with Crippen LogP contribution >= 0.6 is 0 Å². The van der Waals surface area contributed by atoms with Gasteiger partial charge < -0.3 is 4.74 Å². The molecule has 0 bridgehead atoms. The molecule has 33 heavy (non-hydrogen) atoms. The van der Waals surface area contributed by atoms with E-state index in [2.05, 4.69) is 124 Å². The molecule has 166 valence electrons. The fourth-order valence-corrected chi connectivity index (χ4v) is 4.62. The first-order valence-electron chi connectivity index (χ1n) is 11.8. The molecule has 2 radical (unpaired) electrons. The SMILES string of the molecule is [CH]COc1c(C(C)c2ccccc2)cc(C(C)c2ccccc2)cc1C(C)c1ccccc1. The van der Waals surface area contributed by atoms with Crippen molar-refractivity contribution in [1.29, 1.82) is 0 Å². The van der Waals surface area contributed by atoms with Gasteiger partial charge in [-0.15, -0.1) is 0 Å². The third-order valence-electron chi connectivity index (χ3n) is 6.73. The third-order valence-corrected chi connectivity index (χ3v) is 6.73. The van der Waals surface area contributed by atoms with Crippen molar-refractivity contribution in [2.45, 2.75) is 38.5 Å². The average molecular weight is 433 g/mol. The van der Waals surface area contributed by atoms with Crippen molar-refractivity contribution >= 4 is 0 Å². The topological polar surface area (TPSA) is 9.23 Å². The lowest BCUT2D eigenvalue weighted by molar-refractivity contribution is 0.350. The quantitative estimate of drug-likeness (QED) is 0.272. The first kappa shape index (κ1) is 22.9. The van der Waals surface area contributed by atoms with Gasteiger partial charge in [-0.25, -0.2) is 0 Å². The van der Waals surface area contributed by atoms with Gasteiger partial charge in [-0.1, -0.05) is 124 Å². The van der Waals surface area contributed by atoms with Crippen LogP contribution in [0.25, 0.3) is 0 Å². The molecule has 0 aliphatic carbocycles. The summed E-state index contributed by atoms with van der Waals surface area (Å²) < 4.78 is 6.17. The van der Waals surface area contributed by atoms with E-state index < -0.39 is 0 Å². The molecule has 3 unspecified atom stereocenters. The van der Waals surface area contributed by atoms with Gasteiger partial charge in [0.2, 0.25) is 0 Å². The standard InChI is InChI=1S/C32H32O/c1-5-33-32-30(24(3)27-17-11-7-12-18-27)21-29(23(2)26-15-9-6-10-16-26)22-31(32)25(4)28-19-13-8-14-20-28/h1,6-25H,5H2,2-4H3. The largest absolute Gasteiger partial charge is 0.493 e. The predicted molar refractivity (Wildman–Crippen MR) is 138 cm³/mol. The Balaban J connectivity index is 1.91. The van der Waals surface area contributed by atoms with Gasteiger partial charge in [-0.3, -0.25) is 0 Å². The highest BCUT2D eigenvalue weighted by molar-refractivity contribution is 5.54. The highest BCUT2D eigenvalue weighted by Gasteiger charge is 2.24. The van der Waals surface area contributed by atoms with E-state index >= 15 is 0 Å². The lowest BCUT2D eigenvalue weighted by atomic mass is 9.81. The zero-order chi connectivity index (χ0) is 23.2. The lowest BCUT2D eigenvalue weighted by Crippen LogP contribution is -2.10. The molecule has 0 aromatic heterocycles. The average Bonchev–Trinajstić information content (AvgIpc) is 2.89. The van der Waals surface area contributed by atoms with Crippen molar-refractivity contribution in [3.05, 3.63) is 143 Å². The molecule has 0 aliphatic heterocycles. The zero-order valence-electron chi connectivity index (χ0n) is 19.7. The van der Waals surface area contributed by atoms with Crippen LogP contribution in [0.5, 0.6) is 5.75 Å². The summed E-state index contributed by atoms with van der Waals surface area (Å²) in [5.74, 6) is 1.53. The maximum absolute atomic E-state index is 6.17. The minimum absolute atomic E-state index is 0.149. The summed E-state index contributed by atoms with van der Waals surface area (Å²) in [4.78, 5) is 0. The van der Waals surface area contributed by atoms with E-state index in [0.29, 0.717) is 0 Å². The Bertz CT molecular complexity index is 1080. The van der Waals surface area contributed by atoms with Crippen LogP contribution in [0.4, 0.5) is 0 Å². The second kappa shape index (κ2) is 10.5. The fraction of sp³-hybridized carbons (Fsp3) is 0.219. The molecule has 1 nitrogen and oxygen atoms in total. The fourth-order valence-electron chi connectivity index (χ4n) is 4.62. The molecule has 0 saturated carbocycles. The Morgan fingerprint density at radius 3 is 1.27 bits per heavy atom. The molecule has 1 heteroatoms. The van der Waals surface area contributed by atoms with Crippen molar-refractivity contribution < 1.29 is 4.74 Å². The van der Waals surface area contributed by atoms with Gasteiger partial charge in [-0.05, 0) is 22.3 Å². The molecule has 0 heterocycles. The number of benzene rings is 4. The van der Waals surface area contributed by atoms with Crippen LogP contribution in [-0.2, 0) is 0 Å². The van der Waals surface area contributed by atoms with E-state index in [-0.39, 0.29) is 24.4 Å². The van der Waals surface area contributed by atoms with E-state index in [9.17, 15) is 0 Å². The molecule has 0 spiro atoms. The van der Waals surface area contributed by atoms with Crippen LogP contribution in [0.2, 0.25) is 0 Å². The first-order valence-corrected chi connectivity index (χ1v) is 11.8. The van der Waals surface area contributed by atoms with Gasteiger partial charge >= 0.3 is 0 Å². The lowest BCUT2D eigenvalue weighted by Gasteiger charge is -2.26. The van der Waals surface area contributed by atoms with E-state index in [1.165, 1.54) is 33.4 Å². The molecule has 0 N–H and O–H groups in total. The van der Waals surface area contributed by atoms with E-state index in [4.69, 9.17) is 11.7 Å². The van der Waals surface area contributed by atoms with E-state index in [1.807, 2.05) is 0 Å². The molecule has 4 rings (SSSR count). The Morgan fingerprint density at radius 1 is 0.545 bits per heavy atom. The minimum Gasteiger partial charge on any atom is -0.493 e. The summed E-state index contributed by atoms with van der Waals surface area (Å²) in [7, 11) is 0. The maximum Gasteiger partial charge on any atom is 0.126 e. The van der Waals surface area contributed by atoms with Gasteiger partial charge in [0, 0.05) is 35.8 Å². The normalized spacial score (nSPS) is 13.8. The van der Waals surface area contributed by atoms with Crippen LogP contribution in [0.3, 0.4) is 0 Å². The van der Waals surface area contributed by atoms with E-state index in [0.717, 1.165) is 5.75 Å². The van der Waals surface area contributed by atoms with Gasteiger partial charge in [0.05, 0.1) is 6.61 Å². The second-order valence-electron chi connectivity index (χ2n) is 8.74. The monoisotopic (exact) mass is 432 g/mol. The van der Waals surface area contributed by atoms with Crippen molar-refractivity contribution in [2.24, 2.45) is 0 Å². The highest BCUT2D eigenvalue weighted by atomic mass is 16.5. The van der Waals surface area contributed by atoms with Gasteiger partial charge in [-0.2, -0.15) is 0 Å². The van der Waals surface area contributed by atoms with Gasteiger partial charge in [0.15, 0.2) is 0 Å². The van der Waals surface area contributed by atoms with Crippen molar-refractivity contribution in [3.63, 3.8) is 0 Å². The van der Waals surface area contributed by atoms with Crippen molar-refractivity contribution in [2.75, 3.05) is 6.61 Å². The molecule has 0 saturated heterocycles.